The normalized spacial score (nSPS) is 15.1. The number of halogens is 3. The molecule has 1 aliphatic rings. The molecule has 6 heteroatoms. The highest BCUT2D eigenvalue weighted by Crippen LogP contribution is 2.41. The third kappa shape index (κ3) is 5.89. The average molecular weight is 434 g/mol. The van der Waals surface area contributed by atoms with Gasteiger partial charge in [0, 0.05) is 0 Å². The highest BCUT2D eigenvalue weighted by molar-refractivity contribution is 5.62. The van der Waals surface area contributed by atoms with E-state index in [4.69, 9.17) is 4.84 Å². The van der Waals surface area contributed by atoms with Gasteiger partial charge in [0.1, 0.15) is 0 Å². The molecule has 1 aliphatic carbocycles. The molecule has 0 bridgehead atoms. The Morgan fingerprint density at radius 2 is 1.84 bits per heavy atom. The molecule has 1 fully saturated rings. The molecule has 3 nitrogen and oxygen atoms in total. The summed E-state index contributed by atoms with van der Waals surface area (Å²) in [5, 5.41) is 9.39. The number of hydrogen-bond donors (Lipinski definition) is 2. The van der Waals surface area contributed by atoms with E-state index in [0.717, 1.165) is 55.2 Å². The summed E-state index contributed by atoms with van der Waals surface area (Å²) in [4.78, 5) is 5.45. The third-order valence-corrected chi connectivity index (χ3v) is 6.01. The van der Waals surface area contributed by atoms with Crippen LogP contribution in [0.5, 0.6) is 0 Å². The molecule has 31 heavy (non-hydrogen) atoms. The number of nitrogens with one attached hydrogen (secondary N) is 1. The van der Waals surface area contributed by atoms with E-state index in [1.165, 1.54) is 6.07 Å². The average Bonchev–Trinajstić information content (AvgIpc) is 2.78. The van der Waals surface area contributed by atoms with Crippen LogP contribution in [0.3, 0.4) is 0 Å². The summed E-state index contributed by atoms with van der Waals surface area (Å²) in [6.45, 7) is 5.90. The Hall–Kier alpha value is -2.31. The smallest absolute Gasteiger partial charge is 0.392 e. The van der Waals surface area contributed by atoms with E-state index in [2.05, 4.69) is 12.1 Å². The van der Waals surface area contributed by atoms with Gasteiger partial charge in [0.25, 0.3) is 0 Å². The largest absolute Gasteiger partial charge is 0.416 e. The number of aryl methyl sites for hydroxylation is 1. The monoisotopic (exact) mass is 433 g/mol. The van der Waals surface area contributed by atoms with Crippen molar-refractivity contribution in [2.75, 3.05) is 0 Å². The van der Waals surface area contributed by atoms with Crippen LogP contribution in [0, 0.1) is 0 Å². The molecule has 0 aromatic heterocycles. The fourth-order valence-corrected chi connectivity index (χ4v) is 4.27. The molecule has 0 radical (unpaired) electrons. The van der Waals surface area contributed by atoms with Crippen molar-refractivity contribution in [2.24, 2.45) is 0 Å². The van der Waals surface area contributed by atoms with E-state index in [1.54, 1.807) is 12.1 Å². The van der Waals surface area contributed by atoms with Gasteiger partial charge >= 0.3 is 6.18 Å². The lowest BCUT2D eigenvalue weighted by Crippen LogP contribution is -2.16. The molecule has 0 unspecified atom stereocenters. The number of rotatable bonds is 8. The van der Waals surface area contributed by atoms with Gasteiger partial charge in [-0.15, -0.1) is 0 Å². The standard InChI is InChI=1S/C25H30F3NO2/c1-3-19-14-21(10-11-22(19)15-30)17(2)29-31-16-18-9-12-23(20-7-5-4-6-8-20)24(13-18)25(26,27)28/h9-14,20,29-30H,2-8,15-16H2,1H3. The van der Waals surface area contributed by atoms with E-state index in [1.807, 2.05) is 25.1 Å². The van der Waals surface area contributed by atoms with Gasteiger partial charge in [-0.2, -0.15) is 13.2 Å². The maximum atomic E-state index is 13.7. The topological polar surface area (TPSA) is 41.5 Å². The zero-order valence-electron chi connectivity index (χ0n) is 17.9. The molecule has 0 atom stereocenters. The Balaban J connectivity index is 1.67. The van der Waals surface area contributed by atoms with E-state index in [0.29, 0.717) is 16.8 Å². The summed E-state index contributed by atoms with van der Waals surface area (Å²) in [7, 11) is 0. The number of aliphatic hydroxyl groups excluding tert-OH is 1. The quantitative estimate of drug-likeness (QED) is 0.467. The van der Waals surface area contributed by atoms with Gasteiger partial charge < -0.3 is 5.11 Å². The minimum atomic E-state index is -4.38. The first-order chi connectivity index (χ1) is 14.8. The van der Waals surface area contributed by atoms with Gasteiger partial charge in [-0.1, -0.05) is 57.0 Å². The molecule has 0 heterocycles. The minimum absolute atomic E-state index is 0.0115. The zero-order chi connectivity index (χ0) is 22.4. The fraction of sp³-hybridized carbons (Fsp3) is 0.440. The van der Waals surface area contributed by atoms with Crippen molar-refractivity contribution < 1.29 is 23.1 Å². The van der Waals surface area contributed by atoms with E-state index < -0.39 is 11.7 Å². The lowest BCUT2D eigenvalue weighted by molar-refractivity contribution is -0.138. The second-order valence-electron chi connectivity index (χ2n) is 8.12. The van der Waals surface area contributed by atoms with Crippen molar-refractivity contribution in [3.8, 4) is 0 Å². The number of hydroxylamine groups is 1. The van der Waals surface area contributed by atoms with Crippen LogP contribution in [0.25, 0.3) is 5.70 Å². The number of aliphatic hydroxyl groups is 1. The molecule has 3 rings (SSSR count). The summed E-state index contributed by atoms with van der Waals surface area (Å²) in [6.07, 6.45) is 1.08. The lowest BCUT2D eigenvalue weighted by Gasteiger charge is -2.25. The minimum Gasteiger partial charge on any atom is -0.392 e. The Kier molecular flexibility index (Phi) is 7.79. The zero-order valence-corrected chi connectivity index (χ0v) is 17.9. The highest BCUT2D eigenvalue weighted by Gasteiger charge is 2.35. The van der Waals surface area contributed by atoms with Gasteiger partial charge in [0.15, 0.2) is 0 Å². The second kappa shape index (κ2) is 10.3. The van der Waals surface area contributed by atoms with Gasteiger partial charge in [0.05, 0.1) is 24.5 Å². The highest BCUT2D eigenvalue weighted by atomic mass is 19.4. The van der Waals surface area contributed by atoms with Crippen LogP contribution in [0.4, 0.5) is 13.2 Å². The van der Waals surface area contributed by atoms with Crippen LogP contribution < -0.4 is 5.48 Å². The first-order valence-electron chi connectivity index (χ1n) is 10.8. The second-order valence-corrected chi connectivity index (χ2v) is 8.12. The summed E-state index contributed by atoms with van der Waals surface area (Å²) in [5.74, 6) is -0.0205. The van der Waals surface area contributed by atoms with Crippen LogP contribution in [-0.2, 0) is 30.6 Å². The maximum absolute atomic E-state index is 13.7. The van der Waals surface area contributed by atoms with Crippen molar-refractivity contribution in [3.63, 3.8) is 0 Å². The van der Waals surface area contributed by atoms with Crippen LogP contribution in [-0.4, -0.2) is 5.11 Å². The Morgan fingerprint density at radius 3 is 2.48 bits per heavy atom. The number of hydrogen-bond acceptors (Lipinski definition) is 3. The van der Waals surface area contributed by atoms with Gasteiger partial charge in [-0.3, -0.25) is 10.3 Å². The molecule has 0 aliphatic heterocycles. The summed E-state index contributed by atoms with van der Waals surface area (Å²) in [5.41, 5.74) is 6.23. The summed E-state index contributed by atoms with van der Waals surface area (Å²) < 4.78 is 41.1. The van der Waals surface area contributed by atoms with Crippen LogP contribution in [0.2, 0.25) is 0 Å². The number of benzene rings is 2. The molecule has 0 saturated heterocycles. The van der Waals surface area contributed by atoms with E-state index in [-0.39, 0.29) is 19.1 Å². The predicted molar refractivity (Wildman–Crippen MR) is 116 cm³/mol. The molecule has 0 spiro atoms. The van der Waals surface area contributed by atoms with Crippen molar-refractivity contribution in [2.45, 2.75) is 70.8 Å². The number of alkyl halides is 3. The molecule has 2 aromatic rings. The predicted octanol–water partition coefficient (Wildman–Crippen LogP) is 6.50. The fourth-order valence-electron chi connectivity index (χ4n) is 4.27. The first-order valence-corrected chi connectivity index (χ1v) is 10.8. The Bertz CT molecular complexity index is 902. The van der Waals surface area contributed by atoms with E-state index >= 15 is 0 Å². The first kappa shape index (κ1) is 23.4. The van der Waals surface area contributed by atoms with Crippen molar-refractivity contribution in [3.05, 3.63) is 76.4 Å². The van der Waals surface area contributed by atoms with Gasteiger partial charge in [0.2, 0.25) is 0 Å². The molecule has 1 saturated carbocycles. The molecular weight excluding hydrogens is 403 g/mol. The SMILES string of the molecule is C=C(NOCc1ccc(C2CCCCC2)c(C(F)(F)F)c1)c1ccc(CO)c(CC)c1. The lowest BCUT2D eigenvalue weighted by atomic mass is 9.81. The van der Waals surface area contributed by atoms with Crippen molar-refractivity contribution >= 4 is 5.70 Å². The summed E-state index contributed by atoms with van der Waals surface area (Å²) >= 11 is 0. The third-order valence-electron chi connectivity index (χ3n) is 6.01. The maximum Gasteiger partial charge on any atom is 0.416 e. The van der Waals surface area contributed by atoms with Gasteiger partial charge in [-0.25, -0.2) is 0 Å². The molecule has 2 N–H and O–H groups in total. The Labute approximate surface area is 181 Å². The Morgan fingerprint density at radius 1 is 1.10 bits per heavy atom. The van der Waals surface area contributed by atoms with E-state index in [9.17, 15) is 18.3 Å². The van der Waals surface area contributed by atoms with Crippen molar-refractivity contribution in [1.29, 1.82) is 0 Å². The molecular formula is C25H30F3NO2. The van der Waals surface area contributed by atoms with Gasteiger partial charge in [-0.05, 0) is 65.1 Å². The molecule has 168 valence electrons. The van der Waals surface area contributed by atoms with Crippen LogP contribution >= 0.6 is 0 Å². The summed E-state index contributed by atoms with van der Waals surface area (Å²) in [6, 6.07) is 10.1. The van der Waals surface area contributed by atoms with Crippen molar-refractivity contribution in [1.82, 2.24) is 5.48 Å². The van der Waals surface area contributed by atoms with Crippen LogP contribution in [0.15, 0.2) is 43.0 Å². The molecule has 2 aromatic carbocycles. The van der Waals surface area contributed by atoms with Crippen LogP contribution in [0.1, 0.15) is 78.3 Å². The molecule has 0 amide bonds.